The van der Waals surface area contributed by atoms with Gasteiger partial charge in [0.05, 0.1) is 10.6 Å². The molecule has 0 atom stereocenters. The largest absolute Gasteiger partial charge is 0.364 e. The second-order valence-corrected chi connectivity index (χ2v) is 9.10. The third kappa shape index (κ3) is 4.98. The van der Waals surface area contributed by atoms with E-state index in [9.17, 15) is 18.0 Å². The van der Waals surface area contributed by atoms with Crippen LogP contribution in [-0.4, -0.2) is 36.6 Å². The Kier molecular flexibility index (Phi) is 5.57. The Balaban J connectivity index is 1.44. The van der Waals surface area contributed by atoms with Gasteiger partial charge in [0.25, 0.3) is 11.8 Å². The van der Waals surface area contributed by atoms with E-state index in [0.29, 0.717) is 23.8 Å². The molecule has 1 aromatic heterocycles. The Morgan fingerprint density at radius 3 is 2.48 bits per heavy atom. The number of carbonyl (C=O) groups excluding carboxylic acids is 2. The smallest absolute Gasteiger partial charge is 0.269 e. The maximum absolute atomic E-state index is 12.6. The van der Waals surface area contributed by atoms with Crippen LogP contribution in [0.4, 0.5) is 5.69 Å². The number of carbonyl (C=O) groups is 2. The molecule has 160 valence electrons. The van der Waals surface area contributed by atoms with Gasteiger partial charge >= 0.3 is 0 Å². The van der Waals surface area contributed by atoms with E-state index in [1.165, 1.54) is 28.9 Å². The van der Waals surface area contributed by atoms with Crippen molar-refractivity contribution in [2.45, 2.75) is 17.7 Å². The van der Waals surface area contributed by atoms with E-state index in [4.69, 9.17) is 5.73 Å². The molecule has 1 saturated carbocycles. The topological polar surface area (TPSA) is 136 Å². The number of hydrogen-bond donors (Lipinski definition) is 3. The number of sulfonamides is 1. The van der Waals surface area contributed by atoms with Crippen molar-refractivity contribution >= 4 is 27.5 Å². The molecular formula is C21H21N5O4S. The van der Waals surface area contributed by atoms with Crippen LogP contribution >= 0.6 is 0 Å². The van der Waals surface area contributed by atoms with Crippen molar-refractivity contribution < 1.29 is 18.0 Å². The van der Waals surface area contributed by atoms with Crippen molar-refractivity contribution in [3.63, 3.8) is 0 Å². The molecule has 4 rings (SSSR count). The van der Waals surface area contributed by atoms with E-state index in [2.05, 4.69) is 15.1 Å². The van der Waals surface area contributed by atoms with Crippen LogP contribution in [0.5, 0.6) is 0 Å². The van der Waals surface area contributed by atoms with Gasteiger partial charge in [-0.05, 0) is 67.3 Å². The number of nitrogens with one attached hydrogen (secondary N) is 2. The maximum atomic E-state index is 12.6. The quantitative estimate of drug-likeness (QED) is 0.493. The molecule has 0 radical (unpaired) electrons. The van der Waals surface area contributed by atoms with Crippen molar-refractivity contribution in [3.05, 3.63) is 72.1 Å². The normalized spacial score (nSPS) is 13.7. The summed E-state index contributed by atoms with van der Waals surface area (Å²) in [5.74, 6) is -0.634. The first kappa shape index (κ1) is 20.8. The second kappa shape index (κ2) is 8.32. The lowest BCUT2D eigenvalue weighted by atomic mass is 10.2. The first-order chi connectivity index (χ1) is 14.8. The van der Waals surface area contributed by atoms with Crippen molar-refractivity contribution in [1.82, 2.24) is 14.5 Å². The standard InChI is InChI=1S/C21H21N5O4S/c22-20(27)19-10-11-26(25-19)17-8-6-16(7-9-17)24-21(28)15-2-1-3-18(12-15)31(29,30)23-13-14-4-5-14/h1-3,6-12,14,23H,4-5,13H2,(H2,22,27)(H,24,28). The molecule has 31 heavy (non-hydrogen) atoms. The minimum Gasteiger partial charge on any atom is -0.364 e. The van der Waals surface area contributed by atoms with Crippen LogP contribution in [0.15, 0.2) is 65.7 Å². The maximum Gasteiger partial charge on any atom is 0.269 e. The highest BCUT2D eigenvalue weighted by Gasteiger charge is 2.24. The summed E-state index contributed by atoms with van der Waals surface area (Å²) >= 11 is 0. The van der Waals surface area contributed by atoms with E-state index in [-0.39, 0.29) is 16.2 Å². The van der Waals surface area contributed by atoms with E-state index in [1.807, 2.05) is 0 Å². The Labute approximate surface area is 179 Å². The fourth-order valence-corrected chi connectivity index (χ4v) is 4.10. The number of amides is 2. The Hall–Kier alpha value is -3.50. The van der Waals surface area contributed by atoms with Gasteiger partial charge in [-0.25, -0.2) is 17.8 Å². The first-order valence-corrected chi connectivity index (χ1v) is 11.2. The van der Waals surface area contributed by atoms with Gasteiger partial charge in [0.2, 0.25) is 10.0 Å². The summed E-state index contributed by atoms with van der Waals surface area (Å²) in [6.45, 7) is 0.419. The molecule has 0 saturated heterocycles. The molecule has 1 aliphatic rings. The lowest BCUT2D eigenvalue weighted by Crippen LogP contribution is -2.26. The zero-order valence-corrected chi connectivity index (χ0v) is 17.3. The summed E-state index contributed by atoms with van der Waals surface area (Å²) in [5, 5.41) is 6.81. The van der Waals surface area contributed by atoms with Crippen LogP contribution in [0.25, 0.3) is 5.69 Å². The molecule has 1 fully saturated rings. The Bertz CT molecular complexity index is 1230. The minimum atomic E-state index is -3.66. The van der Waals surface area contributed by atoms with Gasteiger partial charge in [0.15, 0.2) is 0 Å². The number of aromatic nitrogens is 2. The van der Waals surface area contributed by atoms with Gasteiger partial charge in [0, 0.05) is 24.0 Å². The first-order valence-electron chi connectivity index (χ1n) is 9.69. The van der Waals surface area contributed by atoms with Crippen LogP contribution in [-0.2, 0) is 10.0 Å². The highest BCUT2D eigenvalue weighted by Crippen LogP contribution is 2.28. The number of rotatable bonds is 8. The molecule has 2 aromatic carbocycles. The molecule has 10 heteroatoms. The lowest BCUT2D eigenvalue weighted by molar-refractivity contribution is 0.0993. The number of benzene rings is 2. The molecule has 3 aromatic rings. The lowest BCUT2D eigenvalue weighted by Gasteiger charge is -2.09. The Morgan fingerprint density at radius 1 is 1.10 bits per heavy atom. The summed E-state index contributed by atoms with van der Waals surface area (Å²) in [4.78, 5) is 23.8. The van der Waals surface area contributed by atoms with E-state index in [1.54, 1.807) is 36.5 Å². The number of nitrogens with zero attached hydrogens (tertiary/aromatic N) is 2. The molecule has 0 bridgehead atoms. The summed E-state index contributed by atoms with van der Waals surface area (Å²) in [5.41, 5.74) is 6.80. The number of hydrogen-bond acceptors (Lipinski definition) is 5. The summed E-state index contributed by atoms with van der Waals surface area (Å²) < 4.78 is 28.9. The van der Waals surface area contributed by atoms with E-state index >= 15 is 0 Å². The molecule has 9 nitrogen and oxygen atoms in total. The fourth-order valence-electron chi connectivity index (χ4n) is 2.94. The molecule has 0 spiro atoms. The third-order valence-corrected chi connectivity index (χ3v) is 6.32. The van der Waals surface area contributed by atoms with Gasteiger partial charge in [0.1, 0.15) is 5.69 Å². The van der Waals surface area contributed by atoms with Crippen molar-refractivity contribution in [3.8, 4) is 5.69 Å². The Morgan fingerprint density at radius 2 is 1.84 bits per heavy atom. The van der Waals surface area contributed by atoms with Crippen LogP contribution < -0.4 is 15.8 Å². The van der Waals surface area contributed by atoms with Crippen molar-refractivity contribution in [2.24, 2.45) is 11.7 Å². The fraction of sp³-hybridized carbons (Fsp3) is 0.190. The number of nitrogens with two attached hydrogens (primary N) is 1. The zero-order valence-electron chi connectivity index (χ0n) is 16.5. The van der Waals surface area contributed by atoms with Crippen LogP contribution in [0.3, 0.4) is 0 Å². The SMILES string of the molecule is NC(=O)c1ccn(-c2ccc(NC(=O)c3cccc(S(=O)(=O)NCC4CC4)c3)cc2)n1. The van der Waals surface area contributed by atoms with Gasteiger partial charge < -0.3 is 11.1 Å². The van der Waals surface area contributed by atoms with Gasteiger partial charge in [-0.3, -0.25) is 9.59 Å². The molecule has 4 N–H and O–H groups in total. The number of primary amides is 1. The minimum absolute atomic E-state index is 0.0556. The monoisotopic (exact) mass is 439 g/mol. The average Bonchev–Trinajstić information content (AvgIpc) is 3.46. The van der Waals surface area contributed by atoms with Crippen molar-refractivity contribution in [2.75, 3.05) is 11.9 Å². The van der Waals surface area contributed by atoms with Crippen LogP contribution in [0.1, 0.15) is 33.7 Å². The second-order valence-electron chi connectivity index (χ2n) is 7.33. The van der Waals surface area contributed by atoms with E-state index < -0.39 is 21.8 Å². The summed E-state index contributed by atoms with van der Waals surface area (Å²) in [6, 6.07) is 14.2. The zero-order chi connectivity index (χ0) is 22.0. The molecule has 1 aliphatic carbocycles. The van der Waals surface area contributed by atoms with Crippen LogP contribution in [0.2, 0.25) is 0 Å². The molecule has 1 heterocycles. The number of anilines is 1. The third-order valence-electron chi connectivity index (χ3n) is 4.90. The van der Waals surface area contributed by atoms with Gasteiger partial charge in [-0.15, -0.1) is 0 Å². The summed E-state index contributed by atoms with van der Waals surface area (Å²) in [7, 11) is -3.66. The van der Waals surface area contributed by atoms with Gasteiger partial charge in [-0.2, -0.15) is 5.10 Å². The van der Waals surface area contributed by atoms with E-state index in [0.717, 1.165) is 12.8 Å². The van der Waals surface area contributed by atoms with Crippen LogP contribution in [0, 0.1) is 5.92 Å². The molecule has 0 unspecified atom stereocenters. The predicted octanol–water partition coefficient (Wildman–Crippen LogP) is 1.91. The summed E-state index contributed by atoms with van der Waals surface area (Å²) in [6.07, 6.45) is 3.68. The molecule has 2 amide bonds. The average molecular weight is 439 g/mol. The molecular weight excluding hydrogens is 418 g/mol. The highest BCUT2D eigenvalue weighted by molar-refractivity contribution is 7.89. The van der Waals surface area contributed by atoms with Crippen molar-refractivity contribution in [1.29, 1.82) is 0 Å². The predicted molar refractivity (Wildman–Crippen MR) is 114 cm³/mol. The molecule has 0 aliphatic heterocycles. The van der Waals surface area contributed by atoms with Gasteiger partial charge in [-0.1, -0.05) is 6.07 Å². The highest BCUT2D eigenvalue weighted by atomic mass is 32.2.